The van der Waals surface area contributed by atoms with Crippen molar-refractivity contribution in [2.75, 3.05) is 6.61 Å². The van der Waals surface area contributed by atoms with Gasteiger partial charge in [-0.3, -0.25) is 0 Å². The first-order valence-corrected chi connectivity index (χ1v) is 7.94. The molecule has 1 aromatic rings. The van der Waals surface area contributed by atoms with Gasteiger partial charge in [0, 0.05) is 10.4 Å². The molecule has 1 aliphatic rings. The first-order valence-electron chi connectivity index (χ1n) is 6.74. The molecule has 6 heteroatoms. The van der Waals surface area contributed by atoms with Crippen LogP contribution in [0.5, 0.6) is 0 Å². The van der Waals surface area contributed by atoms with Crippen molar-refractivity contribution < 1.29 is 14.3 Å². The van der Waals surface area contributed by atoms with Crippen LogP contribution in [0.2, 0.25) is 0 Å². The summed E-state index contributed by atoms with van der Waals surface area (Å²) < 4.78 is 11.5. The minimum absolute atomic E-state index is 0.181. The largest absolute Gasteiger partial charge is 0.463 e. The van der Waals surface area contributed by atoms with E-state index in [-0.39, 0.29) is 11.7 Å². The lowest BCUT2D eigenvalue weighted by Gasteiger charge is -2.30. The number of ether oxygens (including phenoxy) is 2. The summed E-state index contributed by atoms with van der Waals surface area (Å²) in [4.78, 5) is 12.3. The molecule has 4 nitrogen and oxygen atoms in total. The lowest BCUT2D eigenvalue weighted by molar-refractivity contribution is -0.139. The Balaban J connectivity index is 2.57. The summed E-state index contributed by atoms with van der Waals surface area (Å²) in [6, 6.07) is 9.59. The summed E-state index contributed by atoms with van der Waals surface area (Å²) in [7, 11) is 0. The Morgan fingerprint density at radius 3 is 2.64 bits per heavy atom. The molecule has 2 rings (SSSR count). The lowest BCUT2D eigenvalue weighted by atomic mass is 9.79. The number of rotatable bonds is 3. The van der Waals surface area contributed by atoms with Crippen molar-refractivity contribution in [1.29, 1.82) is 5.26 Å². The fraction of sp³-hybridized carbons (Fsp3) is 0.312. The number of hydrogen-bond donors (Lipinski definition) is 0. The van der Waals surface area contributed by atoms with Crippen molar-refractivity contribution in [3.63, 3.8) is 0 Å². The zero-order valence-corrected chi connectivity index (χ0v) is 14.5. The molecule has 114 valence electrons. The monoisotopic (exact) mass is 379 g/mol. The normalized spacial score (nSPS) is 21.1. The maximum absolute atomic E-state index is 12.3. The number of thiocarbonyl (C=S) groups is 1. The standard InChI is InChI=1S/C16H14BrNO3S/c1-3-20-15(19)13-9(2)21-16(22)12(8-18)14(13)10-4-6-11(17)7-5-10/h4-7,12,14H,3H2,1-2H3/t12-,14+/m0/s1. The molecule has 1 heterocycles. The van der Waals surface area contributed by atoms with Gasteiger partial charge in [-0.15, -0.1) is 0 Å². The molecule has 0 fully saturated rings. The van der Waals surface area contributed by atoms with Crippen LogP contribution in [0.25, 0.3) is 0 Å². The molecule has 0 radical (unpaired) electrons. The smallest absolute Gasteiger partial charge is 0.338 e. The molecule has 0 N–H and O–H groups in total. The van der Waals surface area contributed by atoms with Crippen molar-refractivity contribution in [2.45, 2.75) is 19.8 Å². The average Bonchev–Trinajstić information content (AvgIpc) is 2.47. The van der Waals surface area contributed by atoms with E-state index in [4.69, 9.17) is 21.7 Å². The Hall–Kier alpha value is -1.71. The Morgan fingerprint density at radius 2 is 2.09 bits per heavy atom. The highest BCUT2D eigenvalue weighted by atomic mass is 79.9. The summed E-state index contributed by atoms with van der Waals surface area (Å²) in [6.45, 7) is 3.65. The fourth-order valence-electron chi connectivity index (χ4n) is 2.43. The molecular formula is C16H14BrNO3S. The van der Waals surface area contributed by atoms with Crippen molar-refractivity contribution in [1.82, 2.24) is 0 Å². The van der Waals surface area contributed by atoms with Crippen LogP contribution < -0.4 is 0 Å². The zero-order valence-electron chi connectivity index (χ0n) is 12.1. The molecule has 1 aromatic carbocycles. The molecular weight excluding hydrogens is 366 g/mol. The molecule has 0 aromatic heterocycles. The summed E-state index contributed by atoms with van der Waals surface area (Å²) in [6.07, 6.45) is 0. The Bertz CT molecular complexity index is 676. The van der Waals surface area contributed by atoms with Crippen LogP contribution in [-0.4, -0.2) is 17.6 Å². The van der Waals surface area contributed by atoms with Gasteiger partial charge in [-0.05, 0) is 43.8 Å². The van der Waals surface area contributed by atoms with Gasteiger partial charge >= 0.3 is 5.97 Å². The van der Waals surface area contributed by atoms with Gasteiger partial charge in [0.25, 0.3) is 0 Å². The van der Waals surface area contributed by atoms with E-state index in [1.54, 1.807) is 13.8 Å². The van der Waals surface area contributed by atoms with E-state index in [0.29, 0.717) is 11.3 Å². The molecule has 0 amide bonds. The first kappa shape index (κ1) is 16.7. The van der Waals surface area contributed by atoms with Crippen LogP contribution in [0, 0.1) is 17.2 Å². The summed E-state index contributed by atoms with van der Waals surface area (Å²) in [5.41, 5.74) is 1.17. The second kappa shape index (κ2) is 7.03. The van der Waals surface area contributed by atoms with E-state index in [1.807, 2.05) is 24.3 Å². The van der Waals surface area contributed by atoms with Crippen LogP contribution in [0.4, 0.5) is 0 Å². The van der Waals surface area contributed by atoms with Gasteiger partial charge < -0.3 is 9.47 Å². The SMILES string of the molecule is CCOC(=O)C1=C(C)OC(=S)[C@@H](C#N)[C@H]1c1ccc(Br)cc1. The van der Waals surface area contributed by atoms with E-state index in [0.717, 1.165) is 10.0 Å². The number of allylic oxidation sites excluding steroid dienone is 1. The molecule has 1 aliphatic heterocycles. The molecule has 22 heavy (non-hydrogen) atoms. The Labute approximate surface area is 142 Å². The van der Waals surface area contributed by atoms with Gasteiger partial charge in [0.2, 0.25) is 0 Å². The number of benzene rings is 1. The molecule has 0 saturated carbocycles. The highest BCUT2D eigenvalue weighted by Gasteiger charge is 2.40. The number of nitrogens with zero attached hydrogens (tertiary/aromatic N) is 1. The van der Waals surface area contributed by atoms with Crippen molar-refractivity contribution in [3.8, 4) is 6.07 Å². The predicted octanol–water partition coefficient (Wildman–Crippen LogP) is 3.87. The van der Waals surface area contributed by atoms with E-state index in [2.05, 4.69) is 22.0 Å². The molecule has 0 unspecified atom stereocenters. The second-order valence-electron chi connectivity index (χ2n) is 4.75. The van der Waals surface area contributed by atoms with E-state index in [9.17, 15) is 10.1 Å². The average molecular weight is 380 g/mol. The molecule has 0 spiro atoms. The van der Waals surface area contributed by atoms with Gasteiger partial charge in [-0.25, -0.2) is 4.79 Å². The number of esters is 1. The van der Waals surface area contributed by atoms with Crippen LogP contribution in [0.15, 0.2) is 40.1 Å². The topological polar surface area (TPSA) is 59.3 Å². The third kappa shape index (κ3) is 3.21. The van der Waals surface area contributed by atoms with Crippen LogP contribution in [0.1, 0.15) is 25.3 Å². The summed E-state index contributed by atoms with van der Waals surface area (Å²) in [5, 5.41) is 9.64. The predicted molar refractivity (Wildman–Crippen MR) is 89.0 cm³/mol. The first-order chi connectivity index (χ1) is 10.5. The number of halogens is 1. The quantitative estimate of drug-likeness (QED) is 0.589. The maximum Gasteiger partial charge on any atom is 0.338 e. The van der Waals surface area contributed by atoms with E-state index in [1.165, 1.54) is 0 Å². The van der Waals surface area contributed by atoms with Crippen molar-refractivity contribution in [2.24, 2.45) is 5.92 Å². The van der Waals surface area contributed by atoms with Gasteiger partial charge in [-0.2, -0.15) is 5.26 Å². The highest BCUT2D eigenvalue weighted by Crippen LogP contribution is 2.40. The number of hydrogen-bond acceptors (Lipinski definition) is 5. The lowest BCUT2D eigenvalue weighted by Crippen LogP contribution is -2.32. The van der Waals surface area contributed by atoms with Gasteiger partial charge in [0.15, 0.2) is 5.05 Å². The summed E-state index contributed by atoms with van der Waals surface area (Å²) >= 11 is 8.55. The van der Waals surface area contributed by atoms with Crippen molar-refractivity contribution in [3.05, 3.63) is 45.6 Å². The third-order valence-corrected chi connectivity index (χ3v) is 4.26. The molecule has 0 saturated heterocycles. The zero-order chi connectivity index (χ0) is 16.3. The van der Waals surface area contributed by atoms with Gasteiger partial charge in [-0.1, -0.05) is 28.1 Å². The Kier molecular flexibility index (Phi) is 5.33. The van der Waals surface area contributed by atoms with E-state index >= 15 is 0 Å². The van der Waals surface area contributed by atoms with Crippen molar-refractivity contribution >= 4 is 39.2 Å². The second-order valence-corrected chi connectivity index (χ2v) is 6.07. The van der Waals surface area contributed by atoms with Crippen LogP contribution >= 0.6 is 28.1 Å². The van der Waals surface area contributed by atoms with Gasteiger partial charge in [0.05, 0.1) is 18.2 Å². The number of carbonyl (C=O) groups excluding carboxylic acids is 1. The number of nitriles is 1. The molecule has 2 atom stereocenters. The Morgan fingerprint density at radius 1 is 1.45 bits per heavy atom. The van der Waals surface area contributed by atoms with Gasteiger partial charge in [0.1, 0.15) is 11.7 Å². The fourth-order valence-corrected chi connectivity index (χ4v) is 3.01. The van der Waals surface area contributed by atoms with E-state index < -0.39 is 17.8 Å². The maximum atomic E-state index is 12.3. The summed E-state index contributed by atoms with van der Waals surface area (Å²) in [5.74, 6) is -1.28. The number of carbonyl (C=O) groups is 1. The minimum atomic E-state index is -0.709. The molecule has 0 bridgehead atoms. The highest BCUT2D eigenvalue weighted by molar-refractivity contribution is 9.10. The molecule has 0 aliphatic carbocycles. The van der Waals surface area contributed by atoms with Crippen LogP contribution in [-0.2, 0) is 14.3 Å². The third-order valence-electron chi connectivity index (χ3n) is 3.39. The van der Waals surface area contributed by atoms with Crippen LogP contribution in [0.3, 0.4) is 0 Å². The minimum Gasteiger partial charge on any atom is -0.463 e.